The Balaban J connectivity index is 1.22. The Labute approximate surface area is 201 Å². The fraction of sp³-hybridized carbons (Fsp3) is 0.167. The van der Waals surface area contributed by atoms with Gasteiger partial charge in [-0.2, -0.15) is 0 Å². The van der Waals surface area contributed by atoms with E-state index in [9.17, 15) is 0 Å². The molecule has 3 aromatic heterocycles. The van der Waals surface area contributed by atoms with Crippen molar-refractivity contribution in [3.63, 3.8) is 0 Å². The molecule has 0 bridgehead atoms. The summed E-state index contributed by atoms with van der Waals surface area (Å²) >= 11 is 5.80. The predicted octanol–water partition coefficient (Wildman–Crippen LogP) is 4.77. The summed E-state index contributed by atoms with van der Waals surface area (Å²) in [6, 6.07) is 14.1. The van der Waals surface area contributed by atoms with Gasteiger partial charge in [-0.15, -0.1) is 0 Å². The number of anilines is 2. The first-order valence-corrected chi connectivity index (χ1v) is 11.1. The lowest BCUT2D eigenvalue weighted by Crippen LogP contribution is -2.06. The van der Waals surface area contributed by atoms with Crippen LogP contribution in [0.1, 0.15) is 11.4 Å². The molecule has 2 N–H and O–H groups in total. The van der Waals surface area contributed by atoms with E-state index in [1.54, 1.807) is 6.20 Å². The van der Waals surface area contributed by atoms with Crippen LogP contribution in [-0.2, 0) is 27.2 Å². The number of halogens is 1. The number of nitrogens with zero attached hydrogens (tertiary/aromatic N) is 6. The maximum atomic E-state index is 5.80. The summed E-state index contributed by atoms with van der Waals surface area (Å²) < 4.78 is 9.70. The zero-order valence-electron chi connectivity index (χ0n) is 18.7. The number of imidazole rings is 2. The Morgan fingerprint density at radius 1 is 0.941 bits per heavy atom. The molecule has 0 amide bonds. The molecule has 0 aliphatic heterocycles. The monoisotopic (exact) mass is 474 g/mol. The van der Waals surface area contributed by atoms with Gasteiger partial charge >= 0.3 is 6.01 Å². The Hall–Kier alpha value is -4.11. The van der Waals surface area contributed by atoms with Crippen LogP contribution in [0.25, 0.3) is 11.0 Å². The minimum atomic E-state index is 0.253. The summed E-state index contributed by atoms with van der Waals surface area (Å²) in [4.78, 5) is 17.2. The quantitative estimate of drug-likeness (QED) is 0.334. The summed E-state index contributed by atoms with van der Waals surface area (Å²) in [6.45, 7) is 1.28. The lowest BCUT2D eigenvalue weighted by molar-refractivity contribution is 0.441. The Morgan fingerprint density at radius 3 is 2.47 bits per heavy atom. The highest BCUT2D eigenvalue weighted by Gasteiger charge is 2.09. The highest BCUT2D eigenvalue weighted by Crippen LogP contribution is 2.23. The van der Waals surface area contributed by atoms with Crippen molar-refractivity contribution in [2.24, 2.45) is 14.1 Å². The summed E-state index contributed by atoms with van der Waals surface area (Å²) in [5.41, 5.74) is 4.08. The van der Waals surface area contributed by atoms with Crippen LogP contribution in [0, 0.1) is 0 Å². The maximum absolute atomic E-state index is 5.80. The van der Waals surface area contributed by atoms with Gasteiger partial charge in [-0.3, -0.25) is 0 Å². The second kappa shape index (κ2) is 9.40. The number of hydrogen-bond acceptors (Lipinski definition) is 7. The Kier molecular flexibility index (Phi) is 6.01. The van der Waals surface area contributed by atoms with Crippen molar-refractivity contribution in [1.29, 1.82) is 0 Å². The average molecular weight is 475 g/mol. The molecule has 0 aliphatic rings. The normalized spacial score (nSPS) is 11.0. The summed E-state index contributed by atoms with van der Waals surface area (Å²) in [7, 11) is 3.99. The van der Waals surface area contributed by atoms with Crippen LogP contribution in [0.3, 0.4) is 0 Å². The van der Waals surface area contributed by atoms with Gasteiger partial charge in [-0.1, -0.05) is 23.7 Å². The molecule has 3 heterocycles. The molecule has 5 aromatic rings. The van der Waals surface area contributed by atoms with Crippen molar-refractivity contribution >= 4 is 34.3 Å². The molecule has 0 saturated heterocycles. The molecule has 0 aliphatic carbocycles. The van der Waals surface area contributed by atoms with Crippen molar-refractivity contribution in [3.05, 3.63) is 83.7 Å². The number of fused-ring (bicyclic) bond motifs is 1. The third-order valence-electron chi connectivity index (χ3n) is 5.43. The van der Waals surface area contributed by atoms with Crippen molar-refractivity contribution in [1.82, 2.24) is 29.1 Å². The number of rotatable bonds is 8. The minimum absolute atomic E-state index is 0.253. The van der Waals surface area contributed by atoms with Crippen LogP contribution in [0.15, 0.2) is 67.3 Å². The van der Waals surface area contributed by atoms with Gasteiger partial charge in [0, 0.05) is 38.7 Å². The summed E-state index contributed by atoms with van der Waals surface area (Å²) in [5, 5.41) is 7.31. The highest BCUT2D eigenvalue weighted by atomic mass is 35.5. The smallest absolute Gasteiger partial charge is 0.321 e. The molecule has 0 spiro atoms. The average Bonchev–Trinajstić information content (AvgIpc) is 3.41. The largest absolute Gasteiger partial charge is 0.424 e. The number of aromatic nitrogens is 6. The number of hydrogen-bond donors (Lipinski definition) is 2. The first kappa shape index (κ1) is 21.7. The van der Waals surface area contributed by atoms with E-state index in [0.717, 1.165) is 34.1 Å². The van der Waals surface area contributed by atoms with Gasteiger partial charge < -0.3 is 24.5 Å². The van der Waals surface area contributed by atoms with Crippen molar-refractivity contribution in [3.8, 4) is 11.8 Å². The molecule has 34 heavy (non-hydrogen) atoms. The van der Waals surface area contributed by atoms with E-state index in [1.165, 1.54) is 12.4 Å². The van der Waals surface area contributed by atoms with Gasteiger partial charge in [-0.25, -0.2) is 19.9 Å². The summed E-state index contributed by atoms with van der Waals surface area (Å²) in [6.07, 6.45) is 6.73. The molecule has 9 nitrogen and oxygen atoms in total. The highest BCUT2D eigenvalue weighted by molar-refractivity contribution is 6.30. The molecule has 2 aromatic carbocycles. The first-order valence-electron chi connectivity index (χ1n) is 10.7. The van der Waals surface area contributed by atoms with Crippen LogP contribution in [0.4, 0.5) is 11.6 Å². The van der Waals surface area contributed by atoms with Gasteiger partial charge in [0.15, 0.2) is 0 Å². The van der Waals surface area contributed by atoms with Crippen LogP contribution < -0.4 is 15.4 Å². The first-order chi connectivity index (χ1) is 16.5. The molecule has 0 atom stereocenters. The van der Waals surface area contributed by atoms with E-state index in [2.05, 4.69) is 36.2 Å². The molecule has 0 fully saturated rings. The molecular formula is C24H23ClN8O. The molecule has 0 saturated carbocycles. The van der Waals surface area contributed by atoms with Gasteiger partial charge in [0.2, 0.25) is 5.95 Å². The van der Waals surface area contributed by atoms with Gasteiger partial charge in [-0.05, 0) is 35.9 Å². The fourth-order valence-corrected chi connectivity index (χ4v) is 3.62. The minimum Gasteiger partial charge on any atom is -0.424 e. The van der Waals surface area contributed by atoms with E-state index in [-0.39, 0.29) is 6.01 Å². The van der Waals surface area contributed by atoms with Crippen LogP contribution in [0.2, 0.25) is 5.02 Å². The molecule has 172 valence electrons. The topological polar surface area (TPSA) is 94.7 Å². The molecule has 0 unspecified atom stereocenters. The molecule has 5 rings (SSSR count). The number of nitrogens with one attached hydrogen (secondary N) is 2. The van der Waals surface area contributed by atoms with E-state index in [4.69, 9.17) is 21.3 Å². The van der Waals surface area contributed by atoms with Crippen LogP contribution in [0.5, 0.6) is 11.8 Å². The Bertz CT molecular complexity index is 1410. The van der Waals surface area contributed by atoms with Crippen LogP contribution >= 0.6 is 11.6 Å². The standard InChI is InChI=1S/C24H23ClN8O/c1-32-10-9-26-22(32)15-27-18-5-8-20-21(11-18)33(2)23(31-20)28-12-16-3-6-19(7-4-16)34-24-29-13-17(25)14-30-24/h3-11,13-14,27H,12,15H2,1-2H3,(H,28,31). The van der Waals surface area contributed by atoms with Crippen molar-refractivity contribution < 1.29 is 4.74 Å². The fourth-order valence-electron chi connectivity index (χ4n) is 3.52. The van der Waals surface area contributed by atoms with Crippen molar-refractivity contribution in [2.75, 3.05) is 10.6 Å². The Morgan fingerprint density at radius 2 is 1.74 bits per heavy atom. The second-order valence-electron chi connectivity index (χ2n) is 7.79. The lowest BCUT2D eigenvalue weighted by atomic mass is 10.2. The van der Waals surface area contributed by atoms with Crippen molar-refractivity contribution in [2.45, 2.75) is 13.1 Å². The molecule has 10 heteroatoms. The zero-order chi connectivity index (χ0) is 23.5. The third kappa shape index (κ3) is 4.79. The molecule has 0 radical (unpaired) electrons. The van der Waals surface area contributed by atoms with Gasteiger partial charge in [0.05, 0.1) is 35.0 Å². The van der Waals surface area contributed by atoms with E-state index >= 15 is 0 Å². The summed E-state index contributed by atoms with van der Waals surface area (Å²) in [5.74, 6) is 2.43. The molecular weight excluding hydrogens is 452 g/mol. The number of ether oxygens (including phenoxy) is 1. The van der Waals surface area contributed by atoms with E-state index < -0.39 is 0 Å². The van der Waals surface area contributed by atoms with Gasteiger partial charge in [0.1, 0.15) is 11.6 Å². The lowest BCUT2D eigenvalue weighted by Gasteiger charge is -2.09. The third-order valence-corrected chi connectivity index (χ3v) is 5.63. The zero-order valence-corrected chi connectivity index (χ0v) is 19.5. The predicted molar refractivity (Wildman–Crippen MR) is 132 cm³/mol. The van der Waals surface area contributed by atoms with Crippen LogP contribution in [-0.4, -0.2) is 29.1 Å². The second-order valence-corrected chi connectivity index (χ2v) is 8.23. The van der Waals surface area contributed by atoms with E-state index in [0.29, 0.717) is 23.9 Å². The van der Waals surface area contributed by atoms with E-state index in [1.807, 2.05) is 61.3 Å². The SMILES string of the molecule is Cn1ccnc1CNc1ccc2nc(NCc3ccc(Oc4ncc(Cl)cn4)cc3)n(C)c2c1. The number of aryl methyl sites for hydroxylation is 2. The number of benzene rings is 2. The maximum Gasteiger partial charge on any atom is 0.321 e. The van der Waals surface area contributed by atoms with Gasteiger partial charge in [0.25, 0.3) is 0 Å².